The summed E-state index contributed by atoms with van der Waals surface area (Å²) in [6.45, 7) is 8.85. The molecule has 256 valence electrons. The predicted octanol–water partition coefficient (Wildman–Crippen LogP) is 8.78. The quantitative estimate of drug-likeness (QED) is 0.0663. The van der Waals surface area contributed by atoms with Gasteiger partial charge in [-0.05, 0) is 74.6 Å². The van der Waals surface area contributed by atoms with E-state index in [4.69, 9.17) is 18.9 Å². The monoisotopic (exact) mass is 637 g/mol. The van der Waals surface area contributed by atoms with Crippen LogP contribution in [0.2, 0.25) is 0 Å². The molecule has 1 aromatic carbocycles. The Morgan fingerprint density at radius 3 is 2.30 bits per heavy atom. The summed E-state index contributed by atoms with van der Waals surface area (Å²) in [6, 6.07) is 4.16. The highest BCUT2D eigenvalue weighted by Crippen LogP contribution is 2.66. The standard InChI is InChI=1S/C39H59NO6/c1-3-4-5-6-7-8-9-10-11-12-13-14-15-16-25-43-37(41)45-28-44-32-20-19-31-26-33-39(42)22-21-29(2)36-38(39,34(31)35(32)46-36)23-24-40(33)27-30-17-18-30/h19-20,30,33,36,42H,2-18,21-28H2,1H3/t33?,36-,38-,39+/m0/s1. The van der Waals surface area contributed by atoms with Gasteiger partial charge in [0, 0.05) is 18.2 Å². The lowest BCUT2D eigenvalue weighted by molar-refractivity contribution is -0.174. The minimum Gasteiger partial charge on any atom is -0.481 e. The van der Waals surface area contributed by atoms with Crippen molar-refractivity contribution < 1.29 is 28.8 Å². The van der Waals surface area contributed by atoms with E-state index < -0.39 is 17.2 Å². The molecule has 1 spiro atoms. The van der Waals surface area contributed by atoms with Crippen LogP contribution in [0, 0.1) is 5.92 Å². The first-order chi connectivity index (χ1) is 22.5. The number of rotatable bonds is 20. The van der Waals surface area contributed by atoms with Crippen molar-refractivity contribution in [3.05, 3.63) is 35.4 Å². The molecule has 0 amide bonds. The Morgan fingerprint density at radius 1 is 0.957 bits per heavy atom. The maximum absolute atomic E-state index is 12.5. The number of nitrogens with zero attached hydrogens (tertiary/aromatic N) is 1. The Hall–Kier alpha value is -2.25. The number of hydrogen-bond donors (Lipinski definition) is 1. The Kier molecular flexibility index (Phi) is 11.2. The van der Waals surface area contributed by atoms with Gasteiger partial charge in [-0.3, -0.25) is 4.90 Å². The van der Waals surface area contributed by atoms with Gasteiger partial charge in [0.25, 0.3) is 0 Å². The van der Waals surface area contributed by atoms with Crippen LogP contribution in [-0.2, 0) is 21.3 Å². The van der Waals surface area contributed by atoms with Gasteiger partial charge in [-0.2, -0.15) is 0 Å². The SMILES string of the molecule is C=C1CC[C@@]2(O)C3Cc4ccc(OCOC(=O)OCCCCCCCCCCCCCCCC)c5c4[C@@]2(CCN3CC2CC2)[C@H]1O5. The summed E-state index contributed by atoms with van der Waals surface area (Å²) in [7, 11) is 0. The van der Waals surface area contributed by atoms with Crippen LogP contribution in [0.3, 0.4) is 0 Å². The van der Waals surface area contributed by atoms with Crippen molar-refractivity contribution >= 4 is 6.16 Å². The number of carbonyl (C=O) groups excluding carboxylic acids is 1. The molecular weight excluding hydrogens is 578 g/mol. The zero-order valence-electron chi connectivity index (χ0n) is 28.5. The molecule has 1 N–H and O–H groups in total. The largest absolute Gasteiger partial charge is 0.511 e. The minimum absolute atomic E-state index is 0.101. The Bertz CT molecular complexity index is 1200. The molecule has 7 nitrogen and oxygen atoms in total. The highest BCUT2D eigenvalue weighted by Gasteiger charge is 2.72. The molecule has 7 heteroatoms. The first-order valence-electron chi connectivity index (χ1n) is 18.9. The Labute approximate surface area is 277 Å². The summed E-state index contributed by atoms with van der Waals surface area (Å²) in [6.07, 6.45) is 22.9. The van der Waals surface area contributed by atoms with E-state index in [2.05, 4.69) is 24.5 Å². The third-order valence-electron chi connectivity index (χ3n) is 11.8. The molecule has 2 bridgehead atoms. The molecule has 1 unspecified atom stereocenters. The molecular formula is C39H59NO6. The summed E-state index contributed by atoms with van der Waals surface area (Å²) in [5.41, 5.74) is 2.04. The average Bonchev–Trinajstić information content (AvgIpc) is 3.79. The molecule has 1 aromatic rings. The zero-order chi connectivity index (χ0) is 32.0. The van der Waals surface area contributed by atoms with Crippen molar-refractivity contribution in [1.82, 2.24) is 4.90 Å². The lowest BCUT2D eigenvalue weighted by atomic mass is 9.48. The van der Waals surface area contributed by atoms with Gasteiger partial charge >= 0.3 is 6.16 Å². The van der Waals surface area contributed by atoms with E-state index >= 15 is 0 Å². The number of piperidine rings is 1. The maximum atomic E-state index is 12.5. The summed E-state index contributed by atoms with van der Waals surface area (Å²) in [4.78, 5) is 14.8. The normalized spacial score (nSPS) is 27.7. The van der Waals surface area contributed by atoms with E-state index in [-0.39, 0.29) is 18.9 Å². The topological polar surface area (TPSA) is 77.5 Å². The van der Waals surface area contributed by atoms with Gasteiger partial charge in [-0.25, -0.2) is 4.79 Å². The number of hydrogen-bond acceptors (Lipinski definition) is 7. The first kappa shape index (κ1) is 33.6. The van der Waals surface area contributed by atoms with Crippen LogP contribution in [0.4, 0.5) is 4.79 Å². The van der Waals surface area contributed by atoms with Crippen LogP contribution < -0.4 is 9.47 Å². The minimum atomic E-state index is -0.851. The van der Waals surface area contributed by atoms with Gasteiger partial charge in [0.05, 0.1) is 17.6 Å². The number of benzene rings is 1. The molecule has 2 aliphatic heterocycles. The molecule has 3 fully saturated rings. The van der Waals surface area contributed by atoms with E-state index in [1.54, 1.807) is 0 Å². The van der Waals surface area contributed by atoms with Crippen LogP contribution >= 0.6 is 0 Å². The molecule has 1 saturated heterocycles. The molecule has 6 rings (SSSR count). The summed E-state index contributed by atoms with van der Waals surface area (Å²) in [5, 5.41) is 12.5. The van der Waals surface area contributed by atoms with Crippen molar-refractivity contribution in [2.75, 3.05) is 26.5 Å². The van der Waals surface area contributed by atoms with Gasteiger partial charge < -0.3 is 24.1 Å². The number of aliphatic hydroxyl groups is 1. The van der Waals surface area contributed by atoms with Gasteiger partial charge in [0.15, 0.2) is 11.5 Å². The van der Waals surface area contributed by atoms with Gasteiger partial charge in [0.1, 0.15) is 6.10 Å². The van der Waals surface area contributed by atoms with E-state index in [1.807, 2.05) is 6.07 Å². The van der Waals surface area contributed by atoms with Crippen molar-refractivity contribution in [3.8, 4) is 11.5 Å². The van der Waals surface area contributed by atoms with E-state index in [9.17, 15) is 9.90 Å². The predicted molar refractivity (Wildman–Crippen MR) is 181 cm³/mol. The van der Waals surface area contributed by atoms with Gasteiger partial charge in [-0.1, -0.05) is 103 Å². The smallest absolute Gasteiger partial charge is 0.481 e. The molecule has 4 atom stereocenters. The second-order valence-electron chi connectivity index (χ2n) is 15.0. The second-order valence-corrected chi connectivity index (χ2v) is 15.0. The number of unbranched alkanes of at least 4 members (excludes halogenated alkanes) is 13. The number of likely N-dealkylation sites (tertiary alicyclic amines) is 1. The number of carbonyl (C=O) groups is 1. The van der Waals surface area contributed by atoms with Gasteiger partial charge in [-0.15, -0.1) is 0 Å². The Balaban J connectivity index is 0.909. The van der Waals surface area contributed by atoms with Crippen LogP contribution in [0.1, 0.15) is 140 Å². The van der Waals surface area contributed by atoms with Crippen LogP contribution in [0.25, 0.3) is 0 Å². The fraction of sp³-hybridized carbons (Fsp3) is 0.769. The summed E-state index contributed by atoms with van der Waals surface area (Å²) >= 11 is 0. The molecule has 2 saturated carbocycles. The van der Waals surface area contributed by atoms with Crippen molar-refractivity contribution in [2.24, 2.45) is 5.92 Å². The molecule has 3 aliphatic carbocycles. The fourth-order valence-corrected chi connectivity index (χ4v) is 9.13. The summed E-state index contributed by atoms with van der Waals surface area (Å²) < 4.78 is 23.2. The molecule has 46 heavy (non-hydrogen) atoms. The van der Waals surface area contributed by atoms with Crippen LogP contribution in [0.15, 0.2) is 24.3 Å². The van der Waals surface area contributed by atoms with Crippen molar-refractivity contribution in [3.63, 3.8) is 0 Å². The van der Waals surface area contributed by atoms with Gasteiger partial charge in [0.2, 0.25) is 6.79 Å². The van der Waals surface area contributed by atoms with E-state index in [1.165, 1.54) is 95.5 Å². The van der Waals surface area contributed by atoms with Crippen molar-refractivity contribution in [2.45, 2.75) is 159 Å². The van der Waals surface area contributed by atoms with Crippen LogP contribution in [-0.4, -0.2) is 60.4 Å². The lowest BCUT2D eigenvalue weighted by Crippen LogP contribution is -2.75. The molecule has 0 radical (unpaired) electrons. The first-order valence-corrected chi connectivity index (χ1v) is 18.9. The highest BCUT2D eigenvalue weighted by atomic mass is 16.8. The van der Waals surface area contributed by atoms with Crippen LogP contribution in [0.5, 0.6) is 11.5 Å². The zero-order valence-corrected chi connectivity index (χ0v) is 28.5. The molecule has 0 aromatic heterocycles. The third-order valence-corrected chi connectivity index (χ3v) is 11.8. The van der Waals surface area contributed by atoms with Crippen molar-refractivity contribution in [1.29, 1.82) is 0 Å². The number of ether oxygens (including phenoxy) is 4. The fourth-order valence-electron chi connectivity index (χ4n) is 9.13. The van der Waals surface area contributed by atoms with E-state index in [0.717, 1.165) is 68.7 Å². The Morgan fingerprint density at radius 2 is 1.63 bits per heavy atom. The second kappa shape index (κ2) is 15.3. The maximum Gasteiger partial charge on any atom is 0.511 e. The molecule has 2 heterocycles. The lowest BCUT2D eigenvalue weighted by Gasteiger charge is -2.63. The third kappa shape index (κ3) is 6.97. The summed E-state index contributed by atoms with van der Waals surface area (Å²) in [5.74, 6) is 2.03. The van der Waals surface area contributed by atoms with E-state index in [0.29, 0.717) is 18.1 Å². The highest BCUT2D eigenvalue weighted by molar-refractivity contribution is 5.64. The average molecular weight is 638 g/mol. The molecule has 5 aliphatic rings.